The van der Waals surface area contributed by atoms with Crippen LogP contribution in [0.2, 0.25) is 0 Å². The number of hydrogen-bond donors (Lipinski definition) is 0. The van der Waals surface area contributed by atoms with E-state index in [0.29, 0.717) is 13.2 Å². The van der Waals surface area contributed by atoms with Crippen LogP contribution in [0, 0.1) is 6.92 Å². The van der Waals surface area contributed by atoms with Gasteiger partial charge in [-0.15, -0.1) is 0 Å². The van der Waals surface area contributed by atoms with Gasteiger partial charge in [-0.05, 0) is 45.9 Å². The lowest BCUT2D eigenvalue weighted by atomic mass is 10.2. The minimum absolute atomic E-state index is 0.706. The molecule has 0 amide bonds. The van der Waals surface area contributed by atoms with Crippen molar-refractivity contribution in [3.8, 4) is 0 Å². The van der Waals surface area contributed by atoms with Gasteiger partial charge < -0.3 is 18.7 Å². The third-order valence-electron chi connectivity index (χ3n) is 2.91. The Labute approximate surface area is 125 Å². The highest BCUT2D eigenvalue weighted by atomic mass is 28.3. The molecule has 0 N–H and O–H groups in total. The van der Waals surface area contributed by atoms with Crippen LogP contribution in [0.3, 0.4) is 0 Å². The van der Waals surface area contributed by atoms with Crippen LogP contribution >= 0.6 is 0 Å². The quantitative estimate of drug-likeness (QED) is 0.631. The lowest BCUT2D eigenvalue weighted by Gasteiger charge is -2.19. The number of nitrogens with zero attached hydrogens (tertiary/aromatic N) is 2. The molecule has 0 aliphatic heterocycles. The molecule has 0 aliphatic carbocycles. The molecule has 0 aliphatic rings. The van der Waals surface area contributed by atoms with E-state index in [-0.39, 0.29) is 0 Å². The van der Waals surface area contributed by atoms with Gasteiger partial charge in [-0.2, -0.15) is 0 Å². The maximum atomic E-state index is 6.02. The van der Waals surface area contributed by atoms with Crippen molar-refractivity contribution in [2.45, 2.75) is 6.92 Å². The largest absolute Gasteiger partial charge is 0.423 e. The number of rotatable bonds is 9. The number of aryl methyl sites for hydroxylation is 1. The van der Waals surface area contributed by atoms with Crippen molar-refractivity contribution < 1.29 is 8.85 Å². The van der Waals surface area contributed by atoms with Crippen LogP contribution in [0.25, 0.3) is 0 Å². The molecule has 0 unspecified atom stereocenters. The van der Waals surface area contributed by atoms with Crippen molar-refractivity contribution in [2.24, 2.45) is 0 Å². The van der Waals surface area contributed by atoms with E-state index in [9.17, 15) is 0 Å². The molecule has 1 aromatic carbocycles. The molecular formula is C15H27N2O2Si. The molecule has 0 atom stereocenters. The molecule has 0 fully saturated rings. The van der Waals surface area contributed by atoms with E-state index in [1.54, 1.807) is 0 Å². The first-order chi connectivity index (χ1) is 9.50. The maximum Gasteiger partial charge on any atom is 0.423 e. The predicted octanol–water partition coefficient (Wildman–Crippen LogP) is 0.847. The minimum Gasteiger partial charge on any atom is -0.389 e. The predicted molar refractivity (Wildman–Crippen MR) is 85.6 cm³/mol. The second-order valence-corrected chi connectivity index (χ2v) is 7.10. The molecule has 113 valence electrons. The van der Waals surface area contributed by atoms with E-state index in [1.807, 2.05) is 0 Å². The lowest BCUT2D eigenvalue weighted by molar-refractivity contribution is 0.177. The fourth-order valence-electron chi connectivity index (χ4n) is 1.64. The molecule has 4 nitrogen and oxygen atoms in total. The van der Waals surface area contributed by atoms with E-state index >= 15 is 0 Å². The summed E-state index contributed by atoms with van der Waals surface area (Å²) < 4.78 is 12.0. The number of hydrogen-bond acceptors (Lipinski definition) is 4. The molecule has 0 saturated heterocycles. The fraction of sp³-hybridized carbons (Fsp3) is 0.600. The Morgan fingerprint density at radius 3 is 1.85 bits per heavy atom. The van der Waals surface area contributed by atoms with Crippen molar-refractivity contribution in [1.29, 1.82) is 0 Å². The van der Waals surface area contributed by atoms with E-state index in [2.05, 4.69) is 69.2 Å². The summed E-state index contributed by atoms with van der Waals surface area (Å²) in [6.07, 6.45) is 0. The highest BCUT2D eigenvalue weighted by Crippen LogP contribution is 2.00. The molecule has 1 rings (SSSR count). The van der Waals surface area contributed by atoms with Crippen LogP contribution < -0.4 is 5.19 Å². The van der Waals surface area contributed by atoms with Crippen molar-refractivity contribution in [1.82, 2.24) is 9.80 Å². The summed E-state index contributed by atoms with van der Waals surface area (Å²) in [5.74, 6) is 0. The second-order valence-electron chi connectivity index (χ2n) is 5.41. The third-order valence-corrected chi connectivity index (χ3v) is 4.84. The standard InChI is InChI=1S/C15H27N2O2Si/c1-14-8-6-7-9-15(14)20(18-12-10-16(2)3)19-13-11-17(4)5/h6-9H,10-13H2,1-5H3. The summed E-state index contributed by atoms with van der Waals surface area (Å²) in [5.41, 5.74) is 1.25. The normalized spacial score (nSPS) is 11.8. The molecule has 1 aromatic rings. The zero-order valence-electron chi connectivity index (χ0n) is 13.3. The Kier molecular flexibility index (Phi) is 8.02. The van der Waals surface area contributed by atoms with Crippen molar-refractivity contribution in [3.63, 3.8) is 0 Å². The first kappa shape index (κ1) is 17.3. The molecule has 0 spiro atoms. The van der Waals surface area contributed by atoms with Crippen LogP contribution in [0.4, 0.5) is 0 Å². The van der Waals surface area contributed by atoms with E-state index in [1.165, 1.54) is 10.8 Å². The van der Waals surface area contributed by atoms with Gasteiger partial charge in [0.15, 0.2) is 0 Å². The minimum atomic E-state index is -1.40. The van der Waals surface area contributed by atoms with Gasteiger partial charge in [0.2, 0.25) is 0 Å². The summed E-state index contributed by atoms with van der Waals surface area (Å²) in [4.78, 5) is 4.24. The summed E-state index contributed by atoms with van der Waals surface area (Å²) in [6, 6.07) is 8.34. The molecule has 1 radical (unpaired) electrons. The van der Waals surface area contributed by atoms with Crippen LogP contribution in [-0.4, -0.2) is 73.6 Å². The zero-order valence-corrected chi connectivity index (χ0v) is 14.3. The van der Waals surface area contributed by atoms with Crippen molar-refractivity contribution >= 4 is 14.5 Å². The fourth-order valence-corrected chi connectivity index (χ4v) is 3.23. The monoisotopic (exact) mass is 295 g/mol. The second kappa shape index (κ2) is 9.26. The Bertz CT molecular complexity index is 372. The summed E-state index contributed by atoms with van der Waals surface area (Å²) in [6.45, 7) is 5.36. The molecule has 0 bridgehead atoms. The summed E-state index contributed by atoms with van der Waals surface area (Å²) >= 11 is 0. The highest BCUT2D eigenvalue weighted by molar-refractivity contribution is 6.61. The topological polar surface area (TPSA) is 24.9 Å². The van der Waals surface area contributed by atoms with Gasteiger partial charge in [0.05, 0.1) is 0 Å². The van der Waals surface area contributed by atoms with Crippen LogP contribution in [-0.2, 0) is 8.85 Å². The van der Waals surface area contributed by atoms with E-state index in [4.69, 9.17) is 8.85 Å². The zero-order chi connectivity index (χ0) is 15.0. The molecule has 0 heterocycles. The number of benzene rings is 1. The molecule has 0 saturated carbocycles. The van der Waals surface area contributed by atoms with Crippen LogP contribution in [0.5, 0.6) is 0 Å². The highest BCUT2D eigenvalue weighted by Gasteiger charge is 2.21. The Hall–Kier alpha value is -0.723. The van der Waals surface area contributed by atoms with Gasteiger partial charge in [-0.3, -0.25) is 0 Å². The average Bonchev–Trinajstić information content (AvgIpc) is 2.37. The first-order valence-corrected chi connectivity index (χ1v) is 8.30. The summed E-state index contributed by atoms with van der Waals surface area (Å²) in [5, 5.41) is 1.22. The maximum absolute atomic E-state index is 6.02. The molecule has 0 aromatic heterocycles. The van der Waals surface area contributed by atoms with E-state index < -0.39 is 9.28 Å². The van der Waals surface area contributed by atoms with Crippen molar-refractivity contribution in [3.05, 3.63) is 29.8 Å². The van der Waals surface area contributed by atoms with Gasteiger partial charge in [0, 0.05) is 26.3 Å². The van der Waals surface area contributed by atoms with Gasteiger partial charge in [0.25, 0.3) is 0 Å². The van der Waals surface area contributed by atoms with Gasteiger partial charge in [-0.1, -0.05) is 24.3 Å². The lowest BCUT2D eigenvalue weighted by Crippen LogP contribution is -2.41. The molecule has 5 heteroatoms. The Morgan fingerprint density at radius 1 is 0.900 bits per heavy atom. The smallest absolute Gasteiger partial charge is 0.389 e. The van der Waals surface area contributed by atoms with Crippen LogP contribution in [0.1, 0.15) is 5.56 Å². The third kappa shape index (κ3) is 6.63. The Balaban J connectivity index is 2.61. The van der Waals surface area contributed by atoms with Gasteiger partial charge in [0.1, 0.15) is 0 Å². The Morgan fingerprint density at radius 2 is 1.40 bits per heavy atom. The van der Waals surface area contributed by atoms with Crippen LogP contribution in [0.15, 0.2) is 24.3 Å². The number of likely N-dealkylation sites (N-methyl/N-ethyl adjacent to an activating group) is 2. The summed E-state index contributed by atoms with van der Waals surface area (Å²) in [7, 11) is 6.81. The van der Waals surface area contributed by atoms with Gasteiger partial charge in [-0.25, -0.2) is 0 Å². The average molecular weight is 295 g/mol. The van der Waals surface area contributed by atoms with E-state index in [0.717, 1.165) is 13.1 Å². The molecular weight excluding hydrogens is 268 g/mol. The first-order valence-electron chi connectivity index (χ1n) is 6.98. The SMILES string of the molecule is Cc1ccccc1[Si](OCCN(C)C)OCCN(C)C. The van der Waals surface area contributed by atoms with Gasteiger partial charge >= 0.3 is 9.28 Å². The molecule has 20 heavy (non-hydrogen) atoms. The van der Waals surface area contributed by atoms with Crippen molar-refractivity contribution in [2.75, 3.05) is 54.5 Å².